The van der Waals surface area contributed by atoms with Crippen LogP contribution in [0, 0.1) is 17.8 Å². The van der Waals surface area contributed by atoms with Gasteiger partial charge in [-0.15, -0.1) is 0 Å². The highest BCUT2D eigenvalue weighted by Crippen LogP contribution is 2.36. The number of allylic oxidation sites excluding steroid dienone is 2. The fourth-order valence-electron chi connectivity index (χ4n) is 2.20. The maximum Gasteiger partial charge on any atom is -0.0234 e. The van der Waals surface area contributed by atoms with Crippen molar-refractivity contribution >= 4 is 0 Å². The Hall–Kier alpha value is -0.260. The first kappa shape index (κ1) is 11.8. The molecule has 0 spiro atoms. The molecule has 0 N–H and O–H groups in total. The van der Waals surface area contributed by atoms with Gasteiger partial charge >= 0.3 is 0 Å². The van der Waals surface area contributed by atoms with E-state index in [-0.39, 0.29) is 0 Å². The maximum absolute atomic E-state index is 2.42. The first-order chi connectivity index (χ1) is 6.77. The molecule has 82 valence electrons. The van der Waals surface area contributed by atoms with Gasteiger partial charge in [-0.1, -0.05) is 58.6 Å². The quantitative estimate of drug-likeness (QED) is 0.510. The van der Waals surface area contributed by atoms with Gasteiger partial charge in [0.05, 0.1) is 0 Å². The predicted molar refractivity (Wildman–Crippen MR) is 64.3 cm³/mol. The largest absolute Gasteiger partial charge is 0.0885 e. The highest BCUT2D eigenvalue weighted by Gasteiger charge is 2.23. The van der Waals surface area contributed by atoms with Crippen molar-refractivity contribution in [3.05, 3.63) is 12.2 Å². The first-order valence-corrected chi connectivity index (χ1v) is 6.44. The minimum absolute atomic E-state index is 0.790. The Kier molecular flexibility index (Phi) is 5.29. The minimum atomic E-state index is 0.790. The monoisotopic (exact) mass is 194 g/mol. The van der Waals surface area contributed by atoms with E-state index in [4.69, 9.17) is 0 Å². The van der Waals surface area contributed by atoms with E-state index in [2.05, 4.69) is 32.9 Å². The molecule has 0 radical (unpaired) electrons. The van der Waals surface area contributed by atoms with Gasteiger partial charge in [-0.05, 0) is 30.6 Å². The fourth-order valence-corrected chi connectivity index (χ4v) is 2.20. The Bertz CT molecular complexity index is 165. The third kappa shape index (κ3) is 4.30. The summed E-state index contributed by atoms with van der Waals surface area (Å²) in [5, 5.41) is 0. The Morgan fingerprint density at radius 1 is 1.29 bits per heavy atom. The van der Waals surface area contributed by atoms with Gasteiger partial charge in [0.1, 0.15) is 0 Å². The van der Waals surface area contributed by atoms with Crippen LogP contribution in [0.15, 0.2) is 12.2 Å². The van der Waals surface area contributed by atoms with Crippen molar-refractivity contribution in [3.63, 3.8) is 0 Å². The Labute approximate surface area is 89.8 Å². The lowest BCUT2D eigenvalue weighted by Gasteiger charge is -2.19. The lowest BCUT2D eigenvalue weighted by Crippen LogP contribution is -2.08. The van der Waals surface area contributed by atoms with Gasteiger partial charge in [-0.2, -0.15) is 0 Å². The molecule has 0 bridgehead atoms. The summed E-state index contributed by atoms with van der Waals surface area (Å²) in [5.41, 5.74) is 0. The molecule has 2 unspecified atom stereocenters. The summed E-state index contributed by atoms with van der Waals surface area (Å²) in [6, 6.07) is 0. The van der Waals surface area contributed by atoms with Crippen LogP contribution in [-0.4, -0.2) is 0 Å². The van der Waals surface area contributed by atoms with Crippen molar-refractivity contribution in [2.45, 2.75) is 59.3 Å². The van der Waals surface area contributed by atoms with Gasteiger partial charge in [0.2, 0.25) is 0 Å². The summed E-state index contributed by atoms with van der Waals surface area (Å²) in [5.74, 6) is 2.82. The molecule has 0 aromatic carbocycles. The van der Waals surface area contributed by atoms with Crippen LogP contribution in [0.25, 0.3) is 0 Å². The van der Waals surface area contributed by atoms with Crippen LogP contribution in [-0.2, 0) is 0 Å². The average Bonchev–Trinajstić information content (AvgIpc) is 2.99. The smallest absolute Gasteiger partial charge is 0.0234 e. The topological polar surface area (TPSA) is 0 Å². The van der Waals surface area contributed by atoms with E-state index in [0.29, 0.717) is 0 Å². The van der Waals surface area contributed by atoms with E-state index in [1.807, 2.05) is 0 Å². The van der Waals surface area contributed by atoms with E-state index < -0.39 is 0 Å². The third-order valence-electron chi connectivity index (χ3n) is 3.59. The van der Waals surface area contributed by atoms with Gasteiger partial charge in [0, 0.05) is 0 Å². The van der Waals surface area contributed by atoms with Crippen LogP contribution in [0.3, 0.4) is 0 Å². The molecule has 0 aromatic rings. The SMILES string of the molecule is CCC=CC(C)C(CC)CCC1CC1. The van der Waals surface area contributed by atoms with Gasteiger partial charge in [-0.3, -0.25) is 0 Å². The molecule has 2 atom stereocenters. The molecular weight excluding hydrogens is 168 g/mol. The van der Waals surface area contributed by atoms with E-state index in [0.717, 1.165) is 17.8 Å². The van der Waals surface area contributed by atoms with E-state index in [1.165, 1.54) is 38.5 Å². The molecule has 1 saturated carbocycles. The van der Waals surface area contributed by atoms with Gasteiger partial charge < -0.3 is 0 Å². The molecule has 0 amide bonds. The molecule has 0 heteroatoms. The summed E-state index contributed by atoms with van der Waals surface area (Å²) in [4.78, 5) is 0. The molecule has 1 rings (SSSR count). The number of hydrogen-bond donors (Lipinski definition) is 0. The number of hydrogen-bond acceptors (Lipinski definition) is 0. The number of rotatable bonds is 7. The Morgan fingerprint density at radius 2 is 2.00 bits per heavy atom. The second-order valence-electron chi connectivity index (χ2n) is 4.88. The summed E-state index contributed by atoms with van der Waals surface area (Å²) in [7, 11) is 0. The Balaban J connectivity index is 2.23. The molecule has 1 aliphatic rings. The van der Waals surface area contributed by atoms with Crippen LogP contribution < -0.4 is 0 Å². The molecule has 0 aliphatic heterocycles. The zero-order chi connectivity index (χ0) is 10.4. The van der Waals surface area contributed by atoms with E-state index in [1.54, 1.807) is 0 Å². The minimum Gasteiger partial charge on any atom is -0.0885 e. The fraction of sp³-hybridized carbons (Fsp3) is 0.857. The Morgan fingerprint density at radius 3 is 2.50 bits per heavy atom. The van der Waals surface area contributed by atoms with Crippen molar-refractivity contribution in [2.24, 2.45) is 17.8 Å². The zero-order valence-corrected chi connectivity index (χ0v) is 10.1. The van der Waals surface area contributed by atoms with E-state index >= 15 is 0 Å². The molecule has 14 heavy (non-hydrogen) atoms. The zero-order valence-electron chi connectivity index (χ0n) is 10.1. The highest BCUT2D eigenvalue weighted by molar-refractivity contribution is 4.89. The standard InChI is InChI=1S/C14H26/c1-4-6-7-12(3)14(5-2)11-10-13-8-9-13/h6-7,12-14H,4-5,8-11H2,1-3H3. The molecule has 0 nitrogen and oxygen atoms in total. The first-order valence-electron chi connectivity index (χ1n) is 6.44. The van der Waals surface area contributed by atoms with Crippen LogP contribution in [0.1, 0.15) is 59.3 Å². The van der Waals surface area contributed by atoms with Crippen molar-refractivity contribution in [3.8, 4) is 0 Å². The van der Waals surface area contributed by atoms with Crippen LogP contribution >= 0.6 is 0 Å². The second kappa shape index (κ2) is 6.27. The summed E-state index contributed by atoms with van der Waals surface area (Å²) in [6.45, 7) is 6.94. The van der Waals surface area contributed by atoms with Gasteiger partial charge in [0.25, 0.3) is 0 Å². The van der Waals surface area contributed by atoms with Gasteiger partial charge in [-0.25, -0.2) is 0 Å². The molecule has 1 aliphatic carbocycles. The third-order valence-corrected chi connectivity index (χ3v) is 3.59. The van der Waals surface area contributed by atoms with Gasteiger partial charge in [0.15, 0.2) is 0 Å². The summed E-state index contributed by atoms with van der Waals surface area (Å²) < 4.78 is 0. The van der Waals surface area contributed by atoms with Crippen molar-refractivity contribution in [1.82, 2.24) is 0 Å². The second-order valence-corrected chi connectivity index (χ2v) is 4.88. The molecule has 1 fully saturated rings. The highest BCUT2D eigenvalue weighted by atomic mass is 14.3. The predicted octanol–water partition coefficient (Wildman–Crippen LogP) is 4.81. The van der Waals surface area contributed by atoms with E-state index in [9.17, 15) is 0 Å². The molecule has 0 aromatic heterocycles. The van der Waals surface area contributed by atoms with Crippen LogP contribution in [0.5, 0.6) is 0 Å². The average molecular weight is 194 g/mol. The summed E-state index contributed by atoms with van der Waals surface area (Å²) >= 11 is 0. The van der Waals surface area contributed by atoms with Crippen molar-refractivity contribution in [2.75, 3.05) is 0 Å². The molecule has 0 saturated heterocycles. The van der Waals surface area contributed by atoms with Crippen LogP contribution in [0.2, 0.25) is 0 Å². The lowest BCUT2D eigenvalue weighted by atomic mass is 9.86. The van der Waals surface area contributed by atoms with Crippen molar-refractivity contribution < 1.29 is 0 Å². The molecule has 0 heterocycles. The van der Waals surface area contributed by atoms with Crippen LogP contribution in [0.4, 0.5) is 0 Å². The lowest BCUT2D eigenvalue weighted by molar-refractivity contribution is 0.361. The molecular formula is C14H26. The summed E-state index contributed by atoms with van der Waals surface area (Å²) in [6.07, 6.45) is 13.2. The normalized spacial score (nSPS) is 21.4. The van der Waals surface area contributed by atoms with Crippen molar-refractivity contribution in [1.29, 1.82) is 0 Å². The maximum atomic E-state index is 2.42.